The third-order valence-electron chi connectivity index (χ3n) is 9.62. The zero-order valence-electron chi connectivity index (χ0n) is 17.2. The van der Waals surface area contributed by atoms with E-state index in [4.69, 9.17) is 14.2 Å². The highest BCUT2D eigenvalue weighted by Crippen LogP contribution is 2.77. The molecule has 2 N–H and O–H groups in total. The molecule has 3 unspecified atom stereocenters. The minimum atomic E-state index is -1.35. The Bertz CT molecular complexity index is 790. The van der Waals surface area contributed by atoms with Gasteiger partial charge in [-0.2, -0.15) is 0 Å². The van der Waals surface area contributed by atoms with Gasteiger partial charge in [-0.1, -0.05) is 26.0 Å². The van der Waals surface area contributed by atoms with Crippen LogP contribution in [-0.2, 0) is 19.0 Å². The summed E-state index contributed by atoms with van der Waals surface area (Å²) < 4.78 is 18.6. The van der Waals surface area contributed by atoms with E-state index in [0.717, 1.165) is 19.3 Å². The fourth-order valence-corrected chi connectivity index (χ4v) is 8.81. The van der Waals surface area contributed by atoms with Crippen LogP contribution in [0.5, 0.6) is 0 Å². The lowest BCUT2D eigenvalue weighted by atomic mass is 9.37. The number of allylic oxidation sites excluding steroid dienone is 1. The molecule has 3 saturated carbocycles. The van der Waals surface area contributed by atoms with Gasteiger partial charge in [0, 0.05) is 38.0 Å². The molecule has 6 nitrogen and oxygen atoms in total. The molecule has 6 heteroatoms. The molecule has 154 valence electrons. The van der Waals surface area contributed by atoms with Crippen LogP contribution in [0.25, 0.3) is 0 Å². The molecule has 7 rings (SSSR count). The molecular weight excluding hydrogens is 358 g/mol. The third kappa shape index (κ3) is 1.47. The van der Waals surface area contributed by atoms with E-state index in [9.17, 15) is 9.90 Å². The lowest BCUT2D eigenvalue weighted by Crippen LogP contribution is -2.83. The van der Waals surface area contributed by atoms with Crippen LogP contribution in [0.2, 0.25) is 0 Å². The zero-order valence-corrected chi connectivity index (χ0v) is 17.2. The van der Waals surface area contributed by atoms with Crippen molar-refractivity contribution in [1.82, 2.24) is 5.32 Å². The summed E-state index contributed by atoms with van der Waals surface area (Å²) in [5, 5.41) is 15.2. The van der Waals surface area contributed by atoms with Crippen LogP contribution in [0.3, 0.4) is 0 Å². The Morgan fingerprint density at radius 3 is 2.68 bits per heavy atom. The van der Waals surface area contributed by atoms with E-state index in [1.165, 1.54) is 0 Å². The van der Waals surface area contributed by atoms with Gasteiger partial charge in [0.15, 0.2) is 5.78 Å². The lowest BCUT2D eigenvalue weighted by molar-refractivity contribution is -0.443. The van der Waals surface area contributed by atoms with Crippen molar-refractivity contribution in [3.05, 3.63) is 12.2 Å². The average molecular weight is 389 g/mol. The molecule has 3 aliphatic heterocycles. The molecule has 0 aromatic heterocycles. The van der Waals surface area contributed by atoms with Crippen LogP contribution in [0, 0.1) is 34.0 Å². The van der Waals surface area contributed by atoms with Gasteiger partial charge < -0.3 is 24.6 Å². The van der Waals surface area contributed by atoms with Crippen LogP contribution >= 0.6 is 0 Å². The number of hydrogen-bond acceptors (Lipinski definition) is 6. The summed E-state index contributed by atoms with van der Waals surface area (Å²) in [6.45, 7) is 5.63. The summed E-state index contributed by atoms with van der Waals surface area (Å²) in [6.07, 6.45) is 6.13. The van der Waals surface area contributed by atoms with Crippen LogP contribution in [0.1, 0.15) is 33.1 Å². The first-order chi connectivity index (χ1) is 13.3. The Balaban J connectivity index is 1.66. The van der Waals surface area contributed by atoms with E-state index in [-0.39, 0.29) is 40.5 Å². The maximum absolute atomic E-state index is 14.2. The minimum Gasteiger partial charge on any atom is -0.387 e. The number of ether oxygens (including phenoxy) is 3. The Labute approximate surface area is 166 Å². The molecule has 6 fully saturated rings. The first-order valence-corrected chi connectivity index (χ1v) is 10.7. The molecule has 4 bridgehead atoms. The number of Topliss-reactive ketones (excluding diaryl/α,β-unsaturated/α-hetero) is 1. The van der Waals surface area contributed by atoms with E-state index in [1.807, 2.05) is 0 Å². The van der Waals surface area contributed by atoms with Gasteiger partial charge in [-0.25, -0.2) is 0 Å². The zero-order chi connectivity index (χ0) is 19.7. The van der Waals surface area contributed by atoms with Crippen molar-refractivity contribution in [2.24, 2.45) is 34.0 Å². The topological polar surface area (TPSA) is 86.9 Å². The van der Waals surface area contributed by atoms with Crippen molar-refractivity contribution in [3.63, 3.8) is 0 Å². The number of carbonyl (C=O) groups is 1. The van der Waals surface area contributed by atoms with E-state index in [1.54, 1.807) is 14.2 Å². The Morgan fingerprint density at radius 1 is 1.29 bits per heavy atom. The maximum atomic E-state index is 14.2. The standard InChI is InChI=1S/C22H31NO5/c1-18(2)8-5-9-19-11-28-22(27-4,15(24)14(18)19)21-13(19)7-6-12(16(21)26-3)20(10-23-20)17(21)25/h5,9,12-16,23-24H,6-8,10-11H2,1-4H3/t12-,13?,14?,15+,16-,19-,20?,21-,22+/m1/s1. The van der Waals surface area contributed by atoms with Gasteiger partial charge in [0.1, 0.15) is 11.5 Å². The molecule has 0 aromatic rings. The van der Waals surface area contributed by atoms with Gasteiger partial charge in [-0.05, 0) is 30.6 Å². The SMILES string of the molecule is CO[C@@H]1[C@H]2CCC3[C@]45C=CCC(C)(C)C4[C@H](O)[C@](OC)(OC5)[C@]31C(=O)C21CN1. The van der Waals surface area contributed by atoms with E-state index in [2.05, 4.69) is 31.3 Å². The van der Waals surface area contributed by atoms with Gasteiger partial charge in [0.25, 0.3) is 0 Å². The Kier molecular flexibility index (Phi) is 3.16. The molecule has 0 amide bonds. The number of methoxy groups -OCH3 is 2. The predicted octanol–water partition coefficient (Wildman–Crippen LogP) is 1.27. The van der Waals surface area contributed by atoms with Gasteiger partial charge in [-0.15, -0.1) is 0 Å². The molecular formula is C22H31NO5. The number of ketones is 1. The molecule has 3 spiro atoms. The Morgan fingerprint density at radius 2 is 2.04 bits per heavy atom. The van der Waals surface area contributed by atoms with Gasteiger partial charge >= 0.3 is 0 Å². The monoisotopic (exact) mass is 389 g/mol. The molecule has 4 aliphatic carbocycles. The summed E-state index contributed by atoms with van der Waals surface area (Å²) in [5.41, 5.74) is -1.96. The number of aliphatic hydroxyl groups is 1. The molecule has 28 heavy (non-hydrogen) atoms. The smallest absolute Gasteiger partial charge is 0.210 e. The first-order valence-electron chi connectivity index (χ1n) is 10.7. The second-order valence-corrected chi connectivity index (χ2v) is 10.7. The second kappa shape index (κ2) is 4.92. The van der Waals surface area contributed by atoms with E-state index >= 15 is 0 Å². The number of nitrogens with one attached hydrogen (secondary N) is 1. The Hall–Kier alpha value is -0.790. The highest BCUT2D eigenvalue weighted by Gasteiger charge is 2.90. The maximum Gasteiger partial charge on any atom is 0.210 e. The fourth-order valence-electron chi connectivity index (χ4n) is 8.81. The van der Waals surface area contributed by atoms with Gasteiger partial charge in [0.2, 0.25) is 5.79 Å². The van der Waals surface area contributed by atoms with Crippen molar-refractivity contribution >= 4 is 5.78 Å². The number of carbonyl (C=O) groups excluding carboxylic acids is 1. The molecule has 0 radical (unpaired) electrons. The van der Waals surface area contributed by atoms with Crippen LogP contribution in [0.15, 0.2) is 12.2 Å². The predicted molar refractivity (Wildman–Crippen MR) is 100 cm³/mol. The summed E-state index contributed by atoms with van der Waals surface area (Å²) in [6, 6.07) is 0. The lowest BCUT2D eigenvalue weighted by Gasteiger charge is -2.73. The fraction of sp³-hybridized carbons (Fsp3) is 0.864. The van der Waals surface area contributed by atoms with Gasteiger partial charge in [0.05, 0.1) is 18.2 Å². The van der Waals surface area contributed by atoms with E-state index < -0.39 is 22.8 Å². The van der Waals surface area contributed by atoms with E-state index in [0.29, 0.717) is 13.2 Å². The van der Waals surface area contributed by atoms with Crippen LogP contribution < -0.4 is 5.32 Å². The van der Waals surface area contributed by atoms with Crippen LogP contribution in [-0.4, -0.2) is 61.8 Å². The average Bonchev–Trinajstić information content (AvgIpc) is 3.45. The number of rotatable bonds is 2. The molecule has 7 aliphatic rings. The summed E-state index contributed by atoms with van der Waals surface area (Å²) in [7, 11) is 3.29. The van der Waals surface area contributed by atoms with Crippen molar-refractivity contribution in [1.29, 1.82) is 0 Å². The summed E-state index contributed by atoms with van der Waals surface area (Å²) in [5.74, 6) is -1.06. The quantitative estimate of drug-likeness (QED) is 0.546. The van der Waals surface area contributed by atoms with Gasteiger partial charge in [-0.3, -0.25) is 4.79 Å². The minimum absolute atomic E-state index is 0.0140. The molecule has 3 saturated heterocycles. The first kappa shape index (κ1) is 18.0. The normalized spacial score (nSPS) is 60.0. The largest absolute Gasteiger partial charge is 0.387 e. The van der Waals surface area contributed by atoms with Crippen LogP contribution in [0.4, 0.5) is 0 Å². The number of aliphatic hydroxyl groups excluding tert-OH is 1. The highest BCUT2D eigenvalue weighted by molar-refractivity contribution is 6.02. The van der Waals surface area contributed by atoms with Crippen molar-refractivity contribution < 1.29 is 24.1 Å². The highest BCUT2D eigenvalue weighted by atomic mass is 16.7. The number of fused-ring (bicyclic) bond motifs is 3. The van der Waals surface area contributed by atoms with Crippen molar-refractivity contribution in [2.45, 2.75) is 56.6 Å². The summed E-state index contributed by atoms with van der Waals surface area (Å²) >= 11 is 0. The number of hydrogen-bond donors (Lipinski definition) is 2. The van der Waals surface area contributed by atoms with Crippen molar-refractivity contribution in [2.75, 3.05) is 27.4 Å². The summed E-state index contributed by atoms with van der Waals surface area (Å²) in [4.78, 5) is 14.2. The second-order valence-electron chi connectivity index (χ2n) is 10.7. The molecule has 9 atom stereocenters. The molecule has 3 heterocycles. The molecule has 0 aromatic carbocycles. The third-order valence-corrected chi connectivity index (χ3v) is 9.62. The van der Waals surface area contributed by atoms with Crippen molar-refractivity contribution in [3.8, 4) is 0 Å².